The van der Waals surface area contributed by atoms with E-state index in [0.717, 1.165) is 17.5 Å². The van der Waals surface area contributed by atoms with Crippen molar-refractivity contribution in [1.29, 1.82) is 0 Å². The standard InChI is InChI=1S/C18H20ClNO3/c1-12(9-14-5-6-16(21)17(22)11-14)18(23)20-8-7-13-3-2-4-15(19)10-13/h2-6,10-12,21-22H,7-9H2,1H3,(H,20,23). The van der Waals surface area contributed by atoms with Gasteiger partial charge in [0.05, 0.1) is 0 Å². The van der Waals surface area contributed by atoms with E-state index in [4.69, 9.17) is 11.6 Å². The van der Waals surface area contributed by atoms with Crippen LogP contribution in [0.2, 0.25) is 5.02 Å². The number of hydrogen-bond acceptors (Lipinski definition) is 3. The lowest BCUT2D eigenvalue weighted by molar-refractivity contribution is -0.124. The van der Waals surface area contributed by atoms with E-state index in [1.165, 1.54) is 12.1 Å². The molecule has 0 aliphatic carbocycles. The highest BCUT2D eigenvalue weighted by Crippen LogP contribution is 2.26. The highest BCUT2D eigenvalue weighted by Gasteiger charge is 2.14. The van der Waals surface area contributed by atoms with Gasteiger partial charge in [-0.25, -0.2) is 0 Å². The van der Waals surface area contributed by atoms with Crippen molar-refractivity contribution in [2.24, 2.45) is 5.92 Å². The summed E-state index contributed by atoms with van der Waals surface area (Å²) in [4.78, 5) is 12.1. The molecule has 23 heavy (non-hydrogen) atoms. The first kappa shape index (κ1) is 17.2. The molecule has 3 N–H and O–H groups in total. The van der Waals surface area contributed by atoms with Crippen LogP contribution in [0.3, 0.4) is 0 Å². The maximum absolute atomic E-state index is 12.1. The van der Waals surface area contributed by atoms with Crippen molar-refractivity contribution < 1.29 is 15.0 Å². The van der Waals surface area contributed by atoms with Crippen LogP contribution in [0, 0.1) is 5.92 Å². The summed E-state index contributed by atoms with van der Waals surface area (Å²) < 4.78 is 0. The van der Waals surface area contributed by atoms with Crippen LogP contribution in [-0.4, -0.2) is 22.7 Å². The number of carbonyl (C=O) groups is 1. The van der Waals surface area contributed by atoms with E-state index >= 15 is 0 Å². The molecule has 0 bridgehead atoms. The molecule has 2 aromatic rings. The van der Waals surface area contributed by atoms with Crippen molar-refractivity contribution in [1.82, 2.24) is 5.32 Å². The Labute approximate surface area is 140 Å². The van der Waals surface area contributed by atoms with Gasteiger partial charge in [-0.2, -0.15) is 0 Å². The van der Waals surface area contributed by atoms with Crippen LogP contribution in [0.5, 0.6) is 11.5 Å². The van der Waals surface area contributed by atoms with Crippen LogP contribution in [0.1, 0.15) is 18.1 Å². The van der Waals surface area contributed by atoms with Gasteiger partial charge in [-0.3, -0.25) is 4.79 Å². The summed E-state index contributed by atoms with van der Waals surface area (Å²) in [6, 6.07) is 12.2. The van der Waals surface area contributed by atoms with Crippen molar-refractivity contribution in [2.45, 2.75) is 19.8 Å². The fraction of sp³-hybridized carbons (Fsp3) is 0.278. The highest BCUT2D eigenvalue weighted by atomic mass is 35.5. The van der Waals surface area contributed by atoms with Crippen molar-refractivity contribution in [3.05, 3.63) is 58.6 Å². The summed E-state index contributed by atoms with van der Waals surface area (Å²) in [5.74, 6) is -0.596. The summed E-state index contributed by atoms with van der Waals surface area (Å²) in [6.45, 7) is 2.38. The zero-order valence-electron chi connectivity index (χ0n) is 12.9. The molecule has 4 nitrogen and oxygen atoms in total. The number of benzene rings is 2. The molecular formula is C18H20ClNO3. The number of rotatable bonds is 6. The number of nitrogens with one attached hydrogen (secondary N) is 1. The molecule has 0 heterocycles. The Morgan fingerprint density at radius 2 is 1.91 bits per heavy atom. The summed E-state index contributed by atoms with van der Waals surface area (Å²) >= 11 is 5.93. The summed E-state index contributed by atoms with van der Waals surface area (Å²) in [6.07, 6.45) is 1.22. The third-order valence-corrected chi connectivity index (χ3v) is 3.87. The van der Waals surface area contributed by atoms with Gasteiger partial charge < -0.3 is 15.5 Å². The molecule has 2 aromatic carbocycles. The zero-order chi connectivity index (χ0) is 16.8. The number of hydrogen-bond donors (Lipinski definition) is 3. The van der Waals surface area contributed by atoms with Crippen LogP contribution in [0.15, 0.2) is 42.5 Å². The van der Waals surface area contributed by atoms with Gasteiger partial charge >= 0.3 is 0 Å². The Morgan fingerprint density at radius 3 is 2.61 bits per heavy atom. The van der Waals surface area contributed by atoms with E-state index in [1.807, 2.05) is 31.2 Å². The van der Waals surface area contributed by atoms with Gasteiger partial charge in [-0.05, 0) is 48.2 Å². The van der Waals surface area contributed by atoms with E-state index in [-0.39, 0.29) is 23.3 Å². The molecule has 0 aliphatic rings. The lowest BCUT2D eigenvalue weighted by Crippen LogP contribution is -2.31. The van der Waals surface area contributed by atoms with Gasteiger partial charge in [-0.1, -0.05) is 36.7 Å². The summed E-state index contributed by atoms with van der Waals surface area (Å²) in [5.41, 5.74) is 1.88. The summed E-state index contributed by atoms with van der Waals surface area (Å²) in [7, 11) is 0. The minimum atomic E-state index is -0.224. The number of halogens is 1. The number of amides is 1. The predicted octanol–water partition coefficient (Wildman–Crippen LogP) is 3.29. The second-order valence-corrected chi connectivity index (χ2v) is 6.04. The minimum absolute atomic E-state index is 0.0420. The van der Waals surface area contributed by atoms with Crippen molar-refractivity contribution in [2.75, 3.05) is 6.54 Å². The Balaban J connectivity index is 1.81. The molecule has 122 valence electrons. The smallest absolute Gasteiger partial charge is 0.223 e. The van der Waals surface area contributed by atoms with Gasteiger partial charge in [-0.15, -0.1) is 0 Å². The van der Waals surface area contributed by atoms with E-state index < -0.39 is 0 Å². The molecule has 1 amide bonds. The first-order chi connectivity index (χ1) is 11.0. The average molecular weight is 334 g/mol. The topological polar surface area (TPSA) is 69.6 Å². The SMILES string of the molecule is CC(Cc1ccc(O)c(O)c1)C(=O)NCCc1cccc(Cl)c1. The maximum Gasteiger partial charge on any atom is 0.223 e. The second-order valence-electron chi connectivity index (χ2n) is 5.60. The van der Waals surface area contributed by atoms with Gasteiger partial charge in [0, 0.05) is 17.5 Å². The predicted molar refractivity (Wildman–Crippen MR) is 90.8 cm³/mol. The van der Waals surface area contributed by atoms with Gasteiger partial charge in [0.15, 0.2) is 11.5 Å². The molecule has 0 radical (unpaired) electrons. The number of phenolic OH excluding ortho intramolecular Hbond substituents is 2. The van der Waals surface area contributed by atoms with Crippen LogP contribution in [0.25, 0.3) is 0 Å². The molecular weight excluding hydrogens is 314 g/mol. The largest absolute Gasteiger partial charge is 0.504 e. The third-order valence-electron chi connectivity index (χ3n) is 3.63. The van der Waals surface area contributed by atoms with E-state index in [0.29, 0.717) is 18.0 Å². The van der Waals surface area contributed by atoms with Gasteiger partial charge in [0.25, 0.3) is 0 Å². The number of carbonyl (C=O) groups excluding carboxylic acids is 1. The molecule has 0 saturated carbocycles. The van der Waals surface area contributed by atoms with E-state index in [1.54, 1.807) is 6.07 Å². The van der Waals surface area contributed by atoms with Crippen molar-refractivity contribution in [3.63, 3.8) is 0 Å². The Bertz CT molecular complexity index is 688. The Morgan fingerprint density at radius 1 is 1.13 bits per heavy atom. The third kappa shape index (κ3) is 5.18. The van der Waals surface area contributed by atoms with Crippen LogP contribution >= 0.6 is 11.6 Å². The minimum Gasteiger partial charge on any atom is -0.504 e. The maximum atomic E-state index is 12.1. The van der Waals surface area contributed by atoms with E-state index in [9.17, 15) is 15.0 Å². The second kappa shape index (κ2) is 7.88. The lowest BCUT2D eigenvalue weighted by Gasteiger charge is -2.13. The fourth-order valence-electron chi connectivity index (χ4n) is 2.34. The monoisotopic (exact) mass is 333 g/mol. The van der Waals surface area contributed by atoms with Crippen LogP contribution in [0.4, 0.5) is 0 Å². The van der Waals surface area contributed by atoms with Gasteiger partial charge in [0.2, 0.25) is 5.91 Å². The first-order valence-corrected chi connectivity index (χ1v) is 7.86. The molecule has 0 spiro atoms. The Hall–Kier alpha value is -2.20. The number of phenols is 2. The van der Waals surface area contributed by atoms with E-state index in [2.05, 4.69) is 5.32 Å². The van der Waals surface area contributed by atoms with Crippen molar-refractivity contribution >= 4 is 17.5 Å². The highest BCUT2D eigenvalue weighted by molar-refractivity contribution is 6.30. The summed E-state index contributed by atoms with van der Waals surface area (Å²) in [5, 5.41) is 22.4. The molecule has 2 rings (SSSR count). The quantitative estimate of drug-likeness (QED) is 0.710. The van der Waals surface area contributed by atoms with Crippen LogP contribution in [-0.2, 0) is 17.6 Å². The normalized spacial score (nSPS) is 11.9. The molecule has 0 aliphatic heterocycles. The molecule has 1 atom stereocenters. The zero-order valence-corrected chi connectivity index (χ0v) is 13.7. The first-order valence-electron chi connectivity index (χ1n) is 7.48. The molecule has 0 fully saturated rings. The van der Waals surface area contributed by atoms with Gasteiger partial charge in [0.1, 0.15) is 0 Å². The number of aromatic hydroxyl groups is 2. The molecule has 0 saturated heterocycles. The molecule has 5 heteroatoms. The van der Waals surface area contributed by atoms with Crippen molar-refractivity contribution in [3.8, 4) is 11.5 Å². The lowest BCUT2D eigenvalue weighted by atomic mass is 10.00. The molecule has 1 unspecified atom stereocenters. The average Bonchev–Trinajstić information content (AvgIpc) is 2.51. The molecule has 0 aromatic heterocycles. The van der Waals surface area contributed by atoms with Crippen LogP contribution < -0.4 is 5.32 Å². The fourth-order valence-corrected chi connectivity index (χ4v) is 2.55. The Kier molecular flexibility index (Phi) is 5.88.